The van der Waals surface area contributed by atoms with Crippen molar-refractivity contribution in [3.05, 3.63) is 46.8 Å². The lowest BCUT2D eigenvalue weighted by molar-refractivity contribution is -0.138. The number of benzene rings is 1. The Morgan fingerprint density at radius 1 is 1.16 bits per heavy atom. The molecular weight excluding hydrogens is 330 g/mol. The van der Waals surface area contributed by atoms with Crippen molar-refractivity contribution in [3.63, 3.8) is 0 Å². The number of hydrogen-bond donors (Lipinski definition) is 3. The van der Waals surface area contributed by atoms with Crippen LogP contribution in [0, 0.1) is 0 Å². The Morgan fingerprint density at radius 3 is 2.64 bits per heavy atom. The molecule has 2 heterocycles. The summed E-state index contributed by atoms with van der Waals surface area (Å²) in [4.78, 5) is 34.5. The van der Waals surface area contributed by atoms with Gasteiger partial charge in [-0.2, -0.15) is 0 Å². The lowest BCUT2D eigenvalue weighted by atomic mass is 10.1. The molecule has 0 aliphatic heterocycles. The molecule has 0 aliphatic rings. The smallest absolute Gasteiger partial charge is 0.303 e. The Bertz CT molecular complexity index is 1000. The highest BCUT2D eigenvalue weighted by molar-refractivity contribution is 5.95. The first-order valence-electron chi connectivity index (χ1n) is 7.31. The lowest BCUT2D eigenvalue weighted by Crippen LogP contribution is -2.13. The molecule has 0 aliphatic carbocycles. The van der Waals surface area contributed by atoms with Crippen LogP contribution in [0.5, 0.6) is 5.75 Å². The Labute approximate surface area is 140 Å². The number of aromatic hydroxyl groups is 1. The summed E-state index contributed by atoms with van der Waals surface area (Å²) in [5, 5.41) is 21.2. The van der Waals surface area contributed by atoms with Crippen LogP contribution < -0.4 is 10.7 Å². The van der Waals surface area contributed by atoms with E-state index in [1.807, 2.05) is 0 Å². The molecule has 128 valence electrons. The summed E-state index contributed by atoms with van der Waals surface area (Å²) in [7, 11) is 0. The highest BCUT2D eigenvalue weighted by atomic mass is 16.4. The maximum Gasteiger partial charge on any atom is 0.303 e. The van der Waals surface area contributed by atoms with E-state index in [0.717, 1.165) is 0 Å². The number of anilines is 1. The average Bonchev–Trinajstić information content (AvgIpc) is 3.11. The van der Waals surface area contributed by atoms with Crippen molar-refractivity contribution in [2.24, 2.45) is 0 Å². The quantitative estimate of drug-likeness (QED) is 0.649. The van der Waals surface area contributed by atoms with Crippen molar-refractivity contribution in [1.29, 1.82) is 0 Å². The number of amides is 1. The summed E-state index contributed by atoms with van der Waals surface area (Å²) < 4.78 is 10.7. The van der Waals surface area contributed by atoms with E-state index in [1.54, 1.807) is 12.1 Å². The van der Waals surface area contributed by atoms with Crippen LogP contribution in [0.15, 0.2) is 50.2 Å². The maximum atomic E-state index is 12.4. The van der Waals surface area contributed by atoms with Gasteiger partial charge < -0.3 is 24.4 Å². The van der Waals surface area contributed by atoms with Crippen LogP contribution >= 0.6 is 0 Å². The third kappa shape index (κ3) is 3.37. The van der Waals surface area contributed by atoms with Gasteiger partial charge in [0.15, 0.2) is 5.76 Å². The van der Waals surface area contributed by atoms with Gasteiger partial charge in [-0.05, 0) is 30.3 Å². The molecule has 0 radical (unpaired) electrons. The molecule has 1 aromatic carbocycles. The number of furan rings is 1. The molecule has 0 bridgehead atoms. The van der Waals surface area contributed by atoms with Gasteiger partial charge in [-0.1, -0.05) is 0 Å². The van der Waals surface area contributed by atoms with Crippen LogP contribution in [0.1, 0.15) is 12.8 Å². The molecule has 0 spiro atoms. The Kier molecular flexibility index (Phi) is 4.25. The zero-order valence-electron chi connectivity index (χ0n) is 12.8. The van der Waals surface area contributed by atoms with Crippen LogP contribution in [0.4, 0.5) is 5.69 Å². The van der Waals surface area contributed by atoms with Crippen LogP contribution in [-0.4, -0.2) is 22.1 Å². The number of fused-ring (bicyclic) bond motifs is 1. The van der Waals surface area contributed by atoms with Gasteiger partial charge in [0, 0.05) is 12.1 Å². The molecule has 8 nitrogen and oxygen atoms in total. The Balaban J connectivity index is 1.95. The zero-order valence-corrected chi connectivity index (χ0v) is 12.8. The van der Waals surface area contributed by atoms with Gasteiger partial charge in [0.05, 0.1) is 18.1 Å². The molecule has 0 atom stereocenters. The Hall–Kier alpha value is -3.55. The molecule has 0 saturated carbocycles. The standard InChI is InChI=1S/C17H13NO7/c19-13(5-6-14(20)21)18-9-3-4-11-10(8-9)15(22)16(23)17(25-11)12-2-1-7-24-12/h1-4,7-8,23H,5-6H2,(H,18,19)(H,20,21). The summed E-state index contributed by atoms with van der Waals surface area (Å²) in [6.07, 6.45) is 0.897. The van der Waals surface area contributed by atoms with Gasteiger partial charge in [0.2, 0.25) is 22.8 Å². The number of carbonyl (C=O) groups is 2. The first-order chi connectivity index (χ1) is 12.0. The first-order valence-corrected chi connectivity index (χ1v) is 7.31. The molecule has 0 fully saturated rings. The highest BCUT2D eigenvalue weighted by Gasteiger charge is 2.17. The van der Waals surface area contributed by atoms with Gasteiger partial charge in [0.1, 0.15) is 5.58 Å². The van der Waals surface area contributed by atoms with Crippen molar-refractivity contribution < 1.29 is 28.6 Å². The molecular formula is C17H13NO7. The van der Waals surface area contributed by atoms with Crippen molar-refractivity contribution in [3.8, 4) is 17.3 Å². The second-order valence-electron chi connectivity index (χ2n) is 5.24. The number of nitrogens with one attached hydrogen (secondary N) is 1. The van der Waals surface area contributed by atoms with Crippen LogP contribution in [0.3, 0.4) is 0 Å². The number of hydrogen-bond acceptors (Lipinski definition) is 6. The summed E-state index contributed by atoms with van der Waals surface area (Å²) in [6, 6.07) is 7.46. The predicted molar refractivity (Wildman–Crippen MR) is 87.4 cm³/mol. The SMILES string of the molecule is O=C(O)CCC(=O)Nc1ccc2oc(-c3ccco3)c(O)c(=O)c2c1. The van der Waals surface area contributed by atoms with E-state index in [4.69, 9.17) is 13.9 Å². The van der Waals surface area contributed by atoms with Gasteiger partial charge >= 0.3 is 5.97 Å². The van der Waals surface area contributed by atoms with Crippen LogP contribution in [0.25, 0.3) is 22.5 Å². The van der Waals surface area contributed by atoms with Gasteiger partial charge in [0.25, 0.3) is 0 Å². The van der Waals surface area contributed by atoms with E-state index < -0.39 is 23.1 Å². The number of carboxylic acids is 1. The van der Waals surface area contributed by atoms with Crippen molar-refractivity contribution in [1.82, 2.24) is 0 Å². The van der Waals surface area contributed by atoms with E-state index in [-0.39, 0.29) is 35.3 Å². The van der Waals surface area contributed by atoms with Gasteiger partial charge in [-0.15, -0.1) is 0 Å². The molecule has 1 amide bonds. The second kappa shape index (κ2) is 6.52. The van der Waals surface area contributed by atoms with E-state index >= 15 is 0 Å². The predicted octanol–water partition coefficient (Wildman–Crippen LogP) is 2.56. The summed E-state index contributed by atoms with van der Waals surface area (Å²) >= 11 is 0. The molecule has 0 saturated heterocycles. The average molecular weight is 343 g/mol. The minimum Gasteiger partial charge on any atom is -0.501 e. The van der Waals surface area contributed by atoms with E-state index in [1.165, 1.54) is 24.5 Å². The minimum absolute atomic E-state index is 0.0730. The largest absolute Gasteiger partial charge is 0.501 e. The number of aliphatic carboxylic acids is 1. The molecule has 25 heavy (non-hydrogen) atoms. The summed E-state index contributed by atoms with van der Waals surface area (Å²) in [5.41, 5.74) is -0.174. The minimum atomic E-state index is -1.08. The number of carboxylic acid groups (broad SMARTS) is 1. The third-order valence-corrected chi connectivity index (χ3v) is 3.46. The number of rotatable bonds is 5. The fourth-order valence-corrected chi connectivity index (χ4v) is 2.28. The van der Waals surface area contributed by atoms with Crippen molar-refractivity contribution in [2.45, 2.75) is 12.8 Å². The molecule has 3 N–H and O–H groups in total. The normalized spacial score (nSPS) is 10.7. The van der Waals surface area contributed by atoms with Gasteiger partial charge in [-0.25, -0.2) is 0 Å². The van der Waals surface area contributed by atoms with E-state index in [0.29, 0.717) is 5.69 Å². The van der Waals surface area contributed by atoms with E-state index in [9.17, 15) is 19.5 Å². The third-order valence-electron chi connectivity index (χ3n) is 3.46. The monoisotopic (exact) mass is 343 g/mol. The van der Waals surface area contributed by atoms with Crippen LogP contribution in [0.2, 0.25) is 0 Å². The molecule has 0 unspecified atom stereocenters. The second-order valence-corrected chi connectivity index (χ2v) is 5.24. The molecule has 3 rings (SSSR count). The first kappa shape index (κ1) is 16.3. The fourth-order valence-electron chi connectivity index (χ4n) is 2.28. The van der Waals surface area contributed by atoms with Crippen molar-refractivity contribution in [2.75, 3.05) is 5.32 Å². The summed E-state index contributed by atoms with van der Waals surface area (Å²) in [5.74, 6) is -2.05. The highest BCUT2D eigenvalue weighted by Crippen LogP contribution is 2.31. The number of carbonyl (C=O) groups excluding carboxylic acids is 1. The van der Waals surface area contributed by atoms with Gasteiger partial charge in [-0.3, -0.25) is 14.4 Å². The maximum absolute atomic E-state index is 12.4. The van der Waals surface area contributed by atoms with E-state index in [2.05, 4.69) is 5.32 Å². The van der Waals surface area contributed by atoms with Crippen molar-refractivity contribution >= 4 is 28.5 Å². The molecule has 3 aromatic rings. The molecule has 2 aromatic heterocycles. The Morgan fingerprint density at radius 2 is 1.96 bits per heavy atom. The molecule has 8 heteroatoms. The zero-order chi connectivity index (χ0) is 18.0. The fraction of sp³-hybridized carbons (Fsp3) is 0.118. The lowest BCUT2D eigenvalue weighted by Gasteiger charge is -2.07. The summed E-state index contributed by atoms with van der Waals surface area (Å²) in [6.45, 7) is 0. The topological polar surface area (TPSA) is 130 Å². The van der Waals surface area contributed by atoms with Crippen LogP contribution in [-0.2, 0) is 9.59 Å².